The van der Waals surface area contributed by atoms with E-state index in [0.29, 0.717) is 14.2 Å². The van der Waals surface area contributed by atoms with Gasteiger partial charge in [-0.05, 0) is 37.7 Å². The Kier molecular flexibility index (Phi) is 6.96. The van der Waals surface area contributed by atoms with Crippen molar-refractivity contribution in [2.24, 2.45) is 0 Å². The highest BCUT2D eigenvalue weighted by molar-refractivity contribution is 7.47. The van der Waals surface area contributed by atoms with Crippen LogP contribution in [0.4, 0.5) is 0 Å². The fourth-order valence-electron chi connectivity index (χ4n) is 2.68. The second-order valence-corrected chi connectivity index (χ2v) is 7.32. The standard InChI is InChI=1S/C20H25O3P/c1-5-19(16-8-6-7-9-18(16)23-13-22-4)24-20-11-10-14(2)12-17(20)15(3)21/h6-12,19,24H,5,13H2,1-4H3. The number of para-hydroxylation sites is 1. The summed E-state index contributed by atoms with van der Waals surface area (Å²) in [7, 11) is 2.14. The van der Waals surface area contributed by atoms with Crippen LogP contribution in [-0.2, 0) is 4.74 Å². The lowest BCUT2D eigenvalue weighted by atomic mass is 10.1. The molecule has 0 spiro atoms. The van der Waals surface area contributed by atoms with Crippen LogP contribution in [0.2, 0.25) is 0 Å². The number of Topliss-reactive ketones (excluding diaryl/α,β-unsaturated/α-hetero) is 1. The number of hydrogen-bond acceptors (Lipinski definition) is 3. The quantitative estimate of drug-likeness (QED) is 0.398. The number of aryl methyl sites for hydroxylation is 1. The van der Waals surface area contributed by atoms with Gasteiger partial charge in [0, 0.05) is 23.9 Å². The van der Waals surface area contributed by atoms with Crippen molar-refractivity contribution in [1.82, 2.24) is 0 Å². The number of ketones is 1. The molecule has 3 nitrogen and oxygen atoms in total. The number of hydrogen-bond donors (Lipinski definition) is 0. The number of carbonyl (C=O) groups excluding carboxylic acids is 1. The number of methoxy groups -OCH3 is 1. The molecule has 0 aromatic heterocycles. The van der Waals surface area contributed by atoms with E-state index in [1.807, 2.05) is 31.2 Å². The van der Waals surface area contributed by atoms with Crippen molar-refractivity contribution in [3.63, 3.8) is 0 Å². The van der Waals surface area contributed by atoms with Gasteiger partial charge in [0.05, 0.1) is 0 Å². The van der Waals surface area contributed by atoms with E-state index in [9.17, 15) is 4.79 Å². The van der Waals surface area contributed by atoms with Gasteiger partial charge in [0.1, 0.15) is 5.75 Å². The molecule has 0 N–H and O–H groups in total. The minimum Gasteiger partial charge on any atom is -0.467 e. The molecule has 4 heteroatoms. The predicted molar refractivity (Wildman–Crippen MR) is 101 cm³/mol. The summed E-state index contributed by atoms with van der Waals surface area (Å²) in [5, 5.41) is 1.13. The molecule has 2 rings (SSSR count). The monoisotopic (exact) mass is 344 g/mol. The van der Waals surface area contributed by atoms with Crippen LogP contribution >= 0.6 is 8.58 Å². The SMILES string of the molecule is CCC(Pc1ccc(C)cc1C(C)=O)c1ccccc1OCOC. The molecule has 2 atom stereocenters. The maximum Gasteiger partial charge on any atom is 0.188 e. The highest BCUT2D eigenvalue weighted by Crippen LogP contribution is 2.41. The summed E-state index contributed by atoms with van der Waals surface area (Å²) < 4.78 is 10.8. The van der Waals surface area contributed by atoms with Crippen LogP contribution in [0.1, 0.15) is 47.4 Å². The summed E-state index contributed by atoms with van der Waals surface area (Å²) in [5.74, 6) is 0.982. The van der Waals surface area contributed by atoms with Crippen molar-refractivity contribution >= 4 is 19.7 Å². The molecule has 0 radical (unpaired) electrons. The average molecular weight is 344 g/mol. The van der Waals surface area contributed by atoms with Crippen molar-refractivity contribution in [3.05, 3.63) is 59.2 Å². The number of carbonyl (C=O) groups is 1. The van der Waals surface area contributed by atoms with Crippen LogP contribution in [0.25, 0.3) is 0 Å². The summed E-state index contributed by atoms with van der Waals surface area (Å²) in [6.45, 7) is 6.07. The molecule has 2 unspecified atom stereocenters. The van der Waals surface area contributed by atoms with Gasteiger partial charge in [-0.2, -0.15) is 0 Å². The molecule has 2 aromatic carbocycles. The van der Waals surface area contributed by atoms with E-state index >= 15 is 0 Å². The Balaban J connectivity index is 2.32. The molecule has 24 heavy (non-hydrogen) atoms. The van der Waals surface area contributed by atoms with Crippen LogP contribution in [0.15, 0.2) is 42.5 Å². The van der Waals surface area contributed by atoms with E-state index in [1.165, 1.54) is 5.56 Å². The van der Waals surface area contributed by atoms with Gasteiger partial charge in [-0.25, -0.2) is 0 Å². The van der Waals surface area contributed by atoms with Gasteiger partial charge in [0.2, 0.25) is 0 Å². The summed E-state index contributed by atoms with van der Waals surface area (Å²) in [4.78, 5) is 12.0. The maximum absolute atomic E-state index is 12.0. The van der Waals surface area contributed by atoms with E-state index in [2.05, 4.69) is 25.1 Å². The molecule has 0 saturated heterocycles. The van der Waals surface area contributed by atoms with Crippen molar-refractivity contribution in [2.45, 2.75) is 32.9 Å². The number of rotatable bonds is 8. The van der Waals surface area contributed by atoms with Crippen LogP contribution in [-0.4, -0.2) is 19.7 Å². The molecule has 2 aromatic rings. The molecular formula is C20H25O3P. The van der Waals surface area contributed by atoms with E-state index in [-0.39, 0.29) is 12.6 Å². The zero-order valence-corrected chi connectivity index (χ0v) is 15.8. The predicted octanol–water partition coefficient (Wildman–Crippen LogP) is 4.64. The lowest BCUT2D eigenvalue weighted by molar-refractivity contribution is 0.0504. The Morgan fingerprint density at radius 1 is 1.21 bits per heavy atom. The fraction of sp³-hybridized carbons (Fsp3) is 0.350. The largest absolute Gasteiger partial charge is 0.467 e. The van der Waals surface area contributed by atoms with E-state index < -0.39 is 0 Å². The van der Waals surface area contributed by atoms with Crippen LogP contribution in [0.5, 0.6) is 5.75 Å². The molecule has 0 fully saturated rings. The topological polar surface area (TPSA) is 35.5 Å². The van der Waals surface area contributed by atoms with Crippen molar-refractivity contribution in [3.8, 4) is 5.75 Å². The van der Waals surface area contributed by atoms with Crippen LogP contribution in [0, 0.1) is 6.92 Å². The smallest absolute Gasteiger partial charge is 0.188 e. The second-order valence-electron chi connectivity index (χ2n) is 5.80. The maximum atomic E-state index is 12.0. The van der Waals surface area contributed by atoms with Gasteiger partial charge in [-0.15, -0.1) is 0 Å². The van der Waals surface area contributed by atoms with E-state index in [0.717, 1.165) is 28.6 Å². The Hall–Kier alpha value is -1.70. The van der Waals surface area contributed by atoms with Gasteiger partial charge < -0.3 is 9.47 Å². The van der Waals surface area contributed by atoms with Crippen molar-refractivity contribution < 1.29 is 14.3 Å². The summed E-state index contributed by atoms with van der Waals surface area (Å²) in [6.07, 6.45) is 0.983. The van der Waals surface area contributed by atoms with E-state index in [1.54, 1.807) is 14.0 Å². The third-order valence-corrected chi connectivity index (χ3v) is 5.73. The van der Waals surface area contributed by atoms with Gasteiger partial charge in [0.25, 0.3) is 0 Å². The third kappa shape index (κ3) is 4.66. The summed E-state index contributed by atoms with van der Waals surface area (Å²) in [5.41, 5.74) is 3.44. The normalized spacial score (nSPS) is 12.5. The fourth-order valence-corrected chi connectivity index (χ4v) is 4.24. The zero-order valence-electron chi connectivity index (χ0n) is 14.8. The molecule has 0 amide bonds. The van der Waals surface area contributed by atoms with Gasteiger partial charge in [-0.3, -0.25) is 4.79 Å². The number of ether oxygens (including phenoxy) is 2. The first kappa shape index (κ1) is 18.6. The second kappa shape index (κ2) is 8.96. The average Bonchev–Trinajstić information content (AvgIpc) is 2.59. The molecule has 0 saturated carbocycles. The molecular weight excluding hydrogens is 319 g/mol. The minimum atomic E-state index is 0.125. The van der Waals surface area contributed by atoms with Crippen molar-refractivity contribution in [1.29, 1.82) is 0 Å². The molecule has 0 heterocycles. The van der Waals surface area contributed by atoms with E-state index in [4.69, 9.17) is 9.47 Å². The highest BCUT2D eigenvalue weighted by atomic mass is 31.1. The Bertz CT molecular complexity index is 697. The third-order valence-electron chi connectivity index (χ3n) is 3.92. The minimum absolute atomic E-state index is 0.125. The first-order valence-corrected chi connectivity index (χ1v) is 9.23. The Labute approximate surface area is 146 Å². The molecule has 0 aliphatic heterocycles. The lowest BCUT2D eigenvalue weighted by Gasteiger charge is -2.20. The van der Waals surface area contributed by atoms with Crippen molar-refractivity contribution in [2.75, 3.05) is 13.9 Å². The van der Waals surface area contributed by atoms with Crippen LogP contribution in [0.3, 0.4) is 0 Å². The lowest BCUT2D eigenvalue weighted by Crippen LogP contribution is -2.11. The Morgan fingerprint density at radius 2 is 1.96 bits per heavy atom. The number of benzene rings is 2. The highest BCUT2D eigenvalue weighted by Gasteiger charge is 2.18. The molecule has 128 valence electrons. The Morgan fingerprint density at radius 3 is 2.62 bits per heavy atom. The van der Waals surface area contributed by atoms with Gasteiger partial charge in [0.15, 0.2) is 12.6 Å². The summed E-state index contributed by atoms with van der Waals surface area (Å²) in [6, 6.07) is 14.2. The molecule has 0 aliphatic carbocycles. The first-order valence-electron chi connectivity index (χ1n) is 8.15. The molecule has 0 bridgehead atoms. The summed E-state index contributed by atoms with van der Waals surface area (Å²) >= 11 is 0. The molecule has 0 aliphatic rings. The first-order chi connectivity index (χ1) is 11.6. The van der Waals surface area contributed by atoms with Crippen LogP contribution < -0.4 is 10.0 Å². The van der Waals surface area contributed by atoms with Gasteiger partial charge >= 0.3 is 0 Å². The van der Waals surface area contributed by atoms with Gasteiger partial charge in [-0.1, -0.05) is 51.4 Å². The zero-order chi connectivity index (χ0) is 17.5.